The highest BCUT2D eigenvalue weighted by Crippen LogP contribution is 2.30. The molecule has 1 aromatic carbocycles. The van der Waals surface area contributed by atoms with E-state index in [2.05, 4.69) is 53.3 Å². The fraction of sp³-hybridized carbons (Fsp3) is 0.471. The van der Waals surface area contributed by atoms with Gasteiger partial charge in [-0.25, -0.2) is 0 Å². The summed E-state index contributed by atoms with van der Waals surface area (Å²) in [7, 11) is 0. The quantitative estimate of drug-likeness (QED) is 0.927. The van der Waals surface area contributed by atoms with Crippen LogP contribution in [-0.2, 0) is 0 Å². The van der Waals surface area contributed by atoms with Gasteiger partial charge >= 0.3 is 0 Å². The Morgan fingerprint density at radius 2 is 2.10 bits per heavy atom. The van der Waals surface area contributed by atoms with E-state index in [9.17, 15) is 0 Å². The molecule has 0 saturated carbocycles. The van der Waals surface area contributed by atoms with Crippen molar-refractivity contribution in [1.82, 2.24) is 10.3 Å². The molecular formula is C17H23N3. The molecule has 0 aliphatic carbocycles. The van der Waals surface area contributed by atoms with Crippen LogP contribution < -0.4 is 10.2 Å². The topological polar surface area (TPSA) is 28.2 Å². The zero-order valence-corrected chi connectivity index (χ0v) is 12.4. The molecule has 0 amide bonds. The lowest BCUT2D eigenvalue weighted by Gasteiger charge is -2.44. The molecule has 3 nitrogen and oxygen atoms in total. The number of aromatic nitrogens is 1. The van der Waals surface area contributed by atoms with Gasteiger partial charge in [0, 0.05) is 48.6 Å². The highest BCUT2D eigenvalue weighted by Gasteiger charge is 2.32. The zero-order chi connectivity index (χ0) is 14.0. The van der Waals surface area contributed by atoms with E-state index in [0.717, 1.165) is 19.6 Å². The first-order valence-corrected chi connectivity index (χ1v) is 7.61. The van der Waals surface area contributed by atoms with E-state index < -0.39 is 0 Å². The third-order valence-corrected chi connectivity index (χ3v) is 4.73. The first-order valence-electron chi connectivity index (χ1n) is 7.61. The van der Waals surface area contributed by atoms with Crippen LogP contribution in [0, 0.1) is 0 Å². The third kappa shape index (κ3) is 2.27. The summed E-state index contributed by atoms with van der Waals surface area (Å²) in [5.74, 6) is 0. The van der Waals surface area contributed by atoms with Crippen LogP contribution in [0.3, 0.4) is 0 Å². The van der Waals surface area contributed by atoms with E-state index in [-0.39, 0.29) is 5.54 Å². The molecule has 0 spiro atoms. The van der Waals surface area contributed by atoms with E-state index >= 15 is 0 Å². The molecular weight excluding hydrogens is 246 g/mol. The van der Waals surface area contributed by atoms with Gasteiger partial charge in [0.1, 0.15) is 0 Å². The second-order valence-electron chi connectivity index (χ2n) is 5.71. The number of hydrogen-bond acceptors (Lipinski definition) is 3. The van der Waals surface area contributed by atoms with Gasteiger partial charge in [-0.15, -0.1) is 0 Å². The Balaban J connectivity index is 1.98. The summed E-state index contributed by atoms with van der Waals surface area (Å²) in [6.45, 7) is 7.76. The van der Waals surface area contributed by atoms with Crippen molar-refractivity contribution < 1.29 is 0 Å². The molecule has 0 bridgehead atoms. The number of fused-ring (bicyclic) bond motifs is 1. The van der Waals surface area contributed by atoms with Gasteiger partial charge in [0.05, 0.1) is 0 Å². The highest BCUT2D eigenvalue weighted by atomic mass is 15.2. The largest absolute Gasteiger partial charge is 0.368 e. The van der Waals surface area contributed by atoms with Gasteiger partial charge in [-0.1, -0.05) is 26.0 Å². The van der Waals surface area contributed by atoms with Gasteiger partial charge < -0.3 is 10.2 Å². The number of benzene rings is 1. The van der Waals surface area contributed by atoms with E-state index in [1.54, 1.807) is 0 Å². The van der Waals surface area contributed by atoms with E-state index in [1.807, 2.05) is 12.4 Å². The third-order valence-electron chi connectivity index (χ3n) is 4.73. The molecule has 0 radical (unpaired) electrons. The molecule has 1 fully saturated rings. The van der Waals surface area contributed by atoms with Gasteiger partial charge in [-0.3, -0.25) is 4.98 Å². The smallest absolute Gasteiger partial charge is 0.0462 e. The number of rotatable bonds is 3. The Morgan fingerprint density at radius 1 is 1.25 bits per heavy atom. The van der Waals surface area contributed by atoms with Gasteiger partial charge in [0.25, 0.3) is 0 Å². The molecule has 20 heavy (non-hydrogen) atoms. The normalized spacial score (nSPS) is 18.4. The van der Waals surface area contributed by atoms with Gasteiger partial charge in [0.15, 0.2) is 0 Å². The minimum Gasteiger partial charge on any atom is -0.368 e. The Hall–Kier alpha value is -1.61. The van der Waals surface area contributed by atoms with Crippen LogP contribution in [-0.4, -0.2) is 30.2 Å². The van der Waals surface area contributed by atoms with Crippen LogP contribution in [0.4, 0.5) is 5.69 Å². The number of nitrogens with zero attached hydrogens (tertiary/aromatic N) is 2. The van der Waals surface area contributed by atoms with Crippen LogP contribution in [0.15, 0.2) is 36.7 Å². The molecule has 106 valence electrons. The monoisotopic (exact) mass is 269 g/mol. The average molecular weight is 269 g/mol. The molecule has 1 aromatic heterocycles. The molecule has 3 heteroatoms. The van der Waals surface area contributed by atoms with Gasteiger partial charge in [0.2, 0.25) is 0 Å². The number of pyridine rings is 1. The van der Waals surface area contributed by atoms with Crippen molar-refractivity contribution in [3.63, 3.8) is 0 Å². The maximum absolute atomic E-state index is 4.30. The molecule has 2 aromatic rings. The lowest BCUT2D eigenvalue weighted by Crippen LogP contribution is -2.60. The molecule has 0 unspecified atom stereocenters. The van der Waals surface area contributed by atoms with Crippen molar-refractivity contribution in [2.45, 2.75) is 32.2 Å². The number of piperazine rings is 1. The summed E-state index contributed by atoms with van der Waals surface area (Å²) >= 11 is 0. The predicted molar refractivity (Wildman–Crippen MR) is 85.3 cm³/mol. The summed E-state index contributed by atoms with van der Waals surface area (Å²) < 4.78 is 0. The summed E-state index contributed by atoms with van der Waals surface area (Å²) in [5, 5.41) is 6.26. The predicted octanol–water partition coefficient (Wildman–Crippen LogP) is 3.20. The van der Waals surface area contributed by atoms with Crippen molar-refractivity contribution in [1.29, 1.82) is 0 Å². The second-order valence-corrected chi connectivity index (χ2v) is 5.71. The minimum absolute atomic E-state index is 0.253. The maximum atomic E-state index is 4.30. The fourth-order valence-electron chi connectivity index (χ4n) is 3.26. The van der Waals surface area contributed by atoms with Gasteiger partial charge in [-0.05, 0) is 30.4 Å². The Kier molecular flexibility index (Phi) is 3.62. The number of nitrogens with one attached hydrogen (secondary N) is 1. The maximum Gasteiger partial charge on any atom is 0.0462 e. The van der Waals surface area contributed by atoms with Crippen molar-refractivity contribution in [3.8, 4) is 0 Å². The number of anilines is 1. The van der Waals surface area contributed by atoms with Crippen molar-refractivity contribution in [3.05, 3.63) is 36.7 Å². The lowest BCUT2D eigenvalue weighted by molar-refractivity contribution is 0.277. The molecule has 1 aliphatic rings. The van der Waals surface area contributed by atoms with Crippen LogP contribution in [0.1, 0.15) is 26.7 Å². The van der Waals surface area contributed by atoms with E-state index in [0.29, 0.717) is 0 Å². The summed E-state index contributed by atoms with van der Waals surface area (Å²) in [5.41, 5.74) is 1.58. The standard InChI is InChI=1S/C17H23N3/c1-3-17(4-2)13-20(11-10-19-17)16-7-5-6-14-8-9-18-12-15(14)16/h5-9,12,19H,3-4,10-11,13H2,1-2H3. The molecule has 0 atom stereocenters. The molecule has 1 aliphatic heterocycles. The summed E-state index contributed by atoms with van der Waals surface area (Å²) in [4.78, 5) is 6.82. The SMILES string of the molecule is CCC1(CC)CN(c2cccc3ccncc23)CCN1. The highest BCUT2D eigenvalue weighted by molar-refractivity contribution is 5.93. The minimum atomic E-state index is 0.253. The van der Waals surface area contributed by atoms with E-state index in [4.69, 9.17) is 0 Å². The first-order chi connectivity index (χ1) is 9.78. The van der Waals surface area contributed by atoms with Crippen LogP contribution in [0.2, 0.25) is 0 Å². The van der Waals surface area contributed by atoms with Crippen LogP contribution in [0.5, 0.6) is 0 Å². The fourth-order valence-corrected chi connectivity index (χ4v) is 3.26. The zero-order valence-electron chi connectivity index (χ0n) is 12.4. The second kappa shape index (κ2) is 5.41. The lowest BCUT2D eigenvalue weighted by atomic mass is 9.90. The Bertz CT molecular complexity index is 584. The van der Waals surface area contributed by atoms with Crippen LogP contribution >= 0.6 is 0 Å². The molecule has 1 saturated heterocycles. The van der Waals surface area contributed by atoms with Crippen molar-refractivity contribution in [2.75, 3.05) is 24.5 Å². The van der Waals surface area contributed by atoms with E-state index in [1.165, 1.54) is 29.3 Å². The number of hydrogen-bond donors (Lipinski definition) is 1. The average Bonchev–Trinajstić information content (AvgIpc) is 2.54. The Morgan fingerprint density at radius 3 is 2.90 bits per heavy atom. The molecule has 2 heterocycles. The first kappa shape index (κ1) is 13.4. The van der Waals surface area contributed by atoms with Crippen molar-refractivity contribution >= 4 is 16.5 Å². The van der Waals surface area contributed by atoms with Crippen molar-refractivity contribution in [2.24, 2.45) is 0 Å². The molecule has 3 rings (SSSR count). The summed E-state index contributed by atoms with van der Waals surface area (Å²) in [6, 6.07) is 8.63. The summed E-state index contributed by atoms with van der Waals surface area (Å²) in [6.07, 6.45) is 6.20. The van der Waals surface area contributed by atoms with Gasteiger partial charge in [-0.2, -0.15) is 0 Å². The Labute approximate surface area is 121 Å². The molecule has 1 N–H and O–H groups in total. The van der Waals surface area contributed by atoms with Crippen LogP contribution in [0.25, 0.3) is 10.8 Å².